The fourth-order valence-electron chi connectivity index (χ4n) is 2.49. The van der Waals surface area contributed by atoms with Crippen molar-refractivity contribution >= 4 is 43.7 Å². The van der Waals surface area contributed by atoms with Crippen LogP contribution in [-0.4, -0.2) is 41.9 Å². The summed E-state index contributed by atoms with van der Waals surface area (Å²) in [7, 11) is -3.43. The number of piperidine rings is 1. The third-order valence-electron chi connectivity index (χ3n) is 3.65. The summed E-state index contributed by atoms with van der Waals surface area (Å²) in [5.74, 6) is -0.227. The van der Waals surface area contributed by atoms with Crippen molar-refractivity contribution in [2.75, 3.05) is 18.4 Å². The van der Waals surface area contributed by atoms with Gasteiger partial charge < -0.3 is 5.32 Å². The Morgan fingerprint density at radius 1 is 1.21 bits per heavy atom. The summed E-state index contributed by atoms with van der Waals surface area (Å²) >= 11 is 2.46. The van der Waals surface area contributed by atoms with Crippen LogP contribution in [0.3, 0.4) is 0 Å². The van der Waals surface area contributed by atoms with Gasteiger partial charge in [-0.1, -0.05) is 17.8 Å². The summed E-state index contributed by atoms with van der Waals surface area (Å²) in [5.41, 5.74) is 0. The van der Waals surface area contributed by atoms with Crippen molar-refractivity contribution in [3.05, 3.63) is 22.0 Å². The minimum absolute atomic E-state index is 0.124. The van der Waals surface area contributed by atoms with E-state index < -0.39 is 10.0 Å². The van der Waals surface area contributed by atoms with Gasteiger partial charge in [0.05, 0.1) is 6.42 Å². The zero-order valence-electron chi connectivity index (χ0n) is 13.2. The first-order chi connectivity index (χ1) is 11.4. The number of nitrogens with zero attached hydrogens (tertiary/aromatic N) is 3. The molecule has 2 aromatic heterocycles. The molecule has 0 bridgehead atoms. The maximum absolute atomic E-state index is 12.6. The molecule has 3 heterocycles. The molecule has 3 rings (SSSR count). The van der Waals surface area contributed by atoms with E-state index in [0.717, 1.165) is 35.6 Å². The Bertz CT molecular complexity index is 822. The number of amides is 1. The molecule has 1 saturated heterocycles. The molecular formula is C14H18N4O3S3. The molecule has 7 nitrogen and oxygen atoms in total. The van der Waals surface area contributed by atoms with Gasteiger partial charge in [0.15, 0.2) is 0 Å². The molecule has 1 amide bonds. The summed E-state index contributed by atoms with van der Waals surface area (Å²) in [6.07, 6.45) is 3.01. The molecule has 1 aliphatic rings. The van der Waals surface area contributed by atoms with Crippen LogP contribution < -0.4 is 5.32 Å². The highest BCUT2D eigenvalue weighted by molar-refractivity contribution is 7.91. The van der Waals surface area contributed by atoms with Crippen LogP contribution in [0, 0.1) is 6.92 Å². The van der Waals surface area contributed by atoms with Gasteiger partial charge in [-0.25, -0.2) is 8.42 Å². The summed E-state index contributed by atoms with van der Waals surface area (Å²) in [6.45, 7) is 2.96. The van der Waals surface area contributed by atoms with Gasteiger partial charge in [0, 0.05) is 18.0 Å². The van der Waals surface area contributed by atoms with Gasteiger partial charge in [0.1, 0.15) is 9.22 Å². The predicted molar refractivity (Wildman–Crippen MR) is 93.9 cm³/mol. The number of sulfonamides is 1. The number of carbonyl (C=O) groups is 1. The molecule has 1 aliphatic heterocycles. The largest absolute Gasteiger partial charge is 0.300 e. The number of aryl methyl sites for hydroxylation is 1. The zero-order valence-corrected chi connectivity index (χ0v) is 15.6. The van der Waals surface area contributed by atoms with E-state index in [9.17, 15) is 13.2 Å². The van der Waals surface area contributed by atoms with Crippen LogP contribution in [0.4, 0.5) is 5.13 Å². The van der Waals surface area contributed by atoms with Crippen LogP contribution in [0.15, 0.2) is 16.3 Å². The second kappa shape index (κ2) is 7.26. The molecule has 1 N–H and O–H groups in total. The fourth-order valence-corrected chi connectivity index (χ4v) is 6.13. The molecule has 0 aliphatic carbocycles. The highest BCUT2D eigenvalue weighted by Gasteiger charge is 2.27. The first kappa shape index (κ1) is 17.5. The Kier molecular flexibility index (Phi) is 5.28. The minimum atomic E-state index is -3.43. The van der Waals surface area contributed by atoms with Gasteiger partial charge in [-0.2, -0.15) is 4.31 Å². The standard InChI is InChI=1S/C14H18N4O3S3/c1-10-16-17-14(22-10)15-12(19)9-11-5-6-13(23-11)24(20,21)18-7-3-2-4-8-18/h5-6H,2-4,7-9H2,1H3,(H,15,17,19). The van der Waals surface area contributed by atoms with Crippen LogP contribution in [0.5, 0.6) is 0 Å². The second-order valence-electron chi connectivity index (χ2n) is 5.54. The Morgan fingerprint density at radius 2 is 1.96 bits per heavy atom. The van der Waals surface area contributed by atoms with Crippen molar-refractivity contribution in [1.29, 1.82) is 0 Å². The monoisotopic (exact) mass is 386 g/mol. The van der Waals surface area contributed by atoms with Gasteiger partial charge in [-0.15, -0.1) is 21.5 Å². The third-order valence-corrected chi connectivity index (χ3v) is 7.86. The highest BCUT2D eigenvalue weighted by Crippen LogP contribution is 2.27. The van der Waals surface area contributed by atoms with E-state index in [2.05, 4.69) is 15.5 Å². The fraction of sp³-hybridized carbons (Fsp3) is 0.500. The average Bonchev–Trinajstić information content (AvgIpc) is 3.18. The lowest BCUT2D eigenvalue weighted by molar-refractivity contribution is -0.115. The summed E-state index contributed by atoms with van der Waals surface area (Å²) in [4.78, 5) is 12.7. The highest BCUT2D eigenvalue weighted by atomic mass is 32.2. The first-order valence-electron chi connectivity index (χ1n) is 7.64. The molecule has 10 heteroatoms. The Morgan fingerprint density at radius 3 is 2.62 bits per heavy atom. The number of rotatable bonds is 5. The van der Waals surface area contributed by atoms with Crippen LogP contribution in [0.1, 0.15) is 29.1 Å². The van der Waals surface area contributed by atoms with Crippen molar-refractivity contribution in [3.63, 3.8) is 0 Å². The smallest absolute Gasteiger partial charge is 0.252 e. The van der Waals surface area contributed by atoms with Gasteiger partial charge in [0.2, 0.25) is 11.0 Å². The molecule has 0 spiro atoms. The molecule has 130 valence electrons. The van der Waals surface area contributed by atoms with Gasteiger partial charge in [-0.05, 0) is 31.9 Å². The van der Waals surface area contributed by atoms with Crippen molar-refractivity contribution in [2.45, 2.75) is 36.8 Å². The van der Waals surface area contributed by atoms with Crippen LogP contribution in [0.2, 0.25) is 0 Å². The van der Waals surface area contributed by atoms with E-state index in [1.165, 1.54) is 15.6 Å². The SMILES string of the molecule is Cc1nnc(NC(=O)Cc2ccc(S(=O)(=O)N3CCCCC3)s2)s1. The molecule has 0 unspecified atom stereocenters. The van der Waals surface area contributed by atoms with E-state index in [1.807, 2.05) is 6.92 Å². The number of hydrogen-bond acceptors (Lipinski definition) is 7. The summed E-state index contributed by atoms with van der Waals surface area (Å²) < 4.78 is 27.0. The number of aromatic nitrogens is 2. The summed E-state index contributed by atoms with van der Waals surface area (Å²) in [6, 6.07) is 3.29. The van der Waals surface area contributed by atoms with Crippen LogP contribution in [-0.2, 0) is 21.2 Å². The molecule has 24 heavy (non-hydrogen) atoms. The molecular weight excluding hydrogens is 368 g/mol. The van der Waals surface area contributed by atoms with Crippen LogP contribution in [0.25, 0.3) is 0 Å². The van der Waals surface area contributed by atoms with Crippen molar-refractivity contribution in [2.24, 2.45) is 0 Å². The first-order valence-corrected chi connectivity index (χ1v) is 10.7. The van der Waals surface area contributed by atoms with E-state index in [-0.39, 0.29) is 12.3 Å². The summed E-state index contributed by atoms with van der Waals surface area (Å²) in [5, 5.41) is 11.6. The topological polar surface area (TPSA) is 92.3 Å². The molecule has 1 fully saturated rings. The lowest BCUT2D eigenvalue weighted by Crippen LogP contribution is -2.35. The number of thiophene rings is 1. The van der Waals surface area contributed by atoms with Gasteiger partial charge >= 0.3 is 0 Å². The van der Waals surface area contributed by atoms with E-state index in [1.54, 1.807) is 12.1 Å². The molecule has 0 atom stereocenters. The Hall–Kier alpha value is -1.36. The second-order valence-corrected chi connectivity index (χ2v) is 10.1. The molecule has 0 saturated carbocycles. The maximum atomic E-state index is 12.6. The zero-order chi connectivity index (χ0) is 17.2. The third kappa shape index (κ3) is 4.00. The lowest BCUT2D eigenvalue weighted by Gasteiger charge is -2.25. The van der Waals surface area contributed by atoms with Crippen LogP contribution >= 0.6 is 22.7 Å². The Labute approximate surface area is 148 Å². The minimum Gasteiger partial charge on any atom is -0.300 e. The van der Waals surface area contributed by atoms with E-state index >= 15 is 0 Å². The van der Waals surface area contributed by atoms with Crippen molar-refractivity contribution in [1.82, 2.24) is 14.5 Å². The predicted octanol–water partition coefficient (Wildman–Crippen LogP) is 2.26. The molecule has 0 aromatic carbocycles. The number of carbonyl (C=O) groups excluding carboxylic acids is 1. The number of hydrogen-bond donors (Lipinski definition) is 1. The van der Waals surface area contributed by atoms with Gasteiger partial charge in [-0.3, -0.25) is 4.79 Å². The van der Waals surface area contributed by atoms with E-state index in [0.29, 0.717) is 27.3 Å². The quantitative estimate of drug-likeness (QED) is 0.851. The average molecular weight is 387 g/mol. The lowest BCUT2D eigenvalue weighted by atomic mass is 10.2. The number of anilines is 1. The van der Waals surface area contributed by atoms with Crippen molar-refractivity contribution < 1.29 is 13.2 Å². The maximum Gasteiger partial charge on any atom is 0.252 e. The van der Waals surface area contributed by atoms with Crippen molar-refractivity contribution in [3.8, 4) is 0 Å². The molecule has 2 aromatic rings. The van der Waals surface area contributed by atoms with Gasteiger partial charge in [0.25, 0.3) is 10.0 Å². The normalized spacial score (nSPS) is 16.2. The Balaban J connectivity index is 1.65. The molecule has 0 radical (unpaired) electrons. The van der Waals surface area contributed by atoms with E-state index in [4.69, 9.17) is 0 Å². The number of nitrogens with one attached hydrogen (secondary N) is 1.